The van der Waals surface area contributed by atoms with E-state index in [0.29, 0.717) is 18.0 Å². The Kier molecular flexibility index (Phi) is 6.48. The minimum absolute atomic E-state index is 0.0907. The molecule has 0 aliphatic heterocycles. The topological polar surface area (TPSA) is 41.1 Å². The molecule has 3 nitrogen and oxygen atoms in total. The maximum Gasteiger partial charge on any atom is 0.221 e. The van der Waals surface area contributed by atoms with Crippen LogP contribution in [0.2, 0.25) is 5.02 Å². The van der Waals surface area contributed by atoms with E-state index in [0.717, 1.165) is 25.1 Å². The maximum absolute atomic E-state index is 11.4. The molecule has 1 amide bonds. The van der Waals surface area contributed by atoms with Crippen molar-refractivity contribution in [1.29, 1.82) is 0 Å². The Labute approximate surface area is 108 Å². The first-order chi connectivity index (χ1) is 8.22. The molecule has 0 aromatic heterocycles. The Morgan fingerprint density at radius 2 is 2.18 bits per heavy atom. The van der Waals surface area contributed by atoms with Crippen LogP contribution >= 0.6 is 11.6 Å². The maximum atomic E-state index is 11.4. The van der Waals surface area contributed by atoms with Gasteiger partial charge in [0.25, 0.3) is 0 Å². The lowest BCUT2D eigenvalue weighted by Crippen LogP contribution is -2.26. The molecule has 0 radical (unpaired) electrons. The molecular weight excluding hydrogens is 236 g/mol. The van der Waals surface area contributed by atoms with E-state index in [1.54, 1.807) is 0 Å². The third-order valence-electron chi connectivity index (χ3n) is 2.36. The number of halogens is 1. The van der Waals surface area contributed by atoms with Crippen molar-refractivity contribution in [3.05, 3.63) is 29.3 Å². The molecule has 1 aromatic rings. The molecule has 0 saturated heterocycles. The summed E-state index contributed by atoms with van der Waals surface area (Å²) < 4.78 is 0. The molecule has 17 heavy (non-hydrogen) atoms. The lowest BCUT2D eigenvalue weighted by molar-refractivity contribution is -0.120. The summed E-state index contributed by atoms with van der Waals surface area (Å²) in [5, 5.41) is 6.73. The van der Waals surface area contributed by atoms with Crippen molar-refractivity contribution < 1.29 is 4.79 Å². The monoisotopic (exact) mass is 254 g/mol. The molecule has 0 aliphatic rings. The Hall–Kier alpha value is -1.22. The van der Waals surface area contributed by atoms with Gasteiger partial charge in [-0.1, -0.05) is 31.0 Å². The molecule has 0 unspecified atom stereocenters. The normalized spacial score (nSPS) is 10.0. The van der Waals surface area contributed by atoms with Crippen molar-refractivity contribution in [1.82, 2.24) is 5.32 Å². The zero-order valence-electron chi connectivity index (χ0n) is 10.1. The summed E-state index contributed by atoms with van der Waals surface area (Å²) in [4.78, 5) is 11.4. The number of nitrogens with one attached hydrogen (secondary N) is 2. The fourth-order valence-electron chi connectivity index (χ4n) is 1.41. The van der Waals surface area contributed by atoms with Gasteiger partial charge in [-0.2, -0.15) is 0 Å². The Balaban J connectivity index is 2.17. The summed E-state index contributed by atoms with van der Waals surface area (Å²) in [5.41, 5.74) is 0.943. The van der Waals surface area contributed by atoms with Gasteiger partial charge in [0.15, 0.2) is 0 Å². The molecule has 0 bridgehead atoms. The van der Waals surface area contributed by atoms with Crippen LogP contribution in [0, 0.1) is 0 Å². The molecule has 0 heterocycles. The molecule has 0 fully saturated rings. The number of amides is 1. The minimum Gasteiger partial charge on any atom is -0.384 e. The van der Waals surface area contributed by atoms with Crippen LogP contribution in [0.5, 0.6) is 0 Å². The van der Waals surface area contributed by atoms with Crippen LogP contribution in [0.1, 0.15) is 26.2 Å². The first-order valence-corrected chi connectivity index (χ1v) is 6.36. The third-order valence-corrected chi connectivity index (χ3v) is 2.59. The van der Waals surface area contributed by atoms with Crippen molar-refractivity contribution in [2.75, 3.05) is 18.4 Å². The summed E-state index contributed by atoms with van der Waals surface area (Å²) in [6, 6.07) is 7.48. The van der Waals surface area contributed by atoms with E-state index in [1.807, 2.05) is 24.3 Å². The van der Waals surface area contributed by atoms with Gasteiger partial charge in [-0.25, -0.2) is 0 Å². The molecule has 94 valence electrons. The van der Waals surface area contributed by atoms with Crippen LogP contribution in [0.4, 0.5) is 5.69 Å². The average molecular weight is 255 g/mol. The number of benzene rings is 1. The van der Waals surface area contributed by atoms with E-state index >= 15 is 0 Å². The second kappa shape index (κ2) is 7.96. The number of carbonyl (C=O) groups excluding carboxylic acids is 1. The standard InChI is InChI=1S/C13H19ClN2O/c1-2-3-8-16-13(17)7-9-15-12-6-4-5-11(14)10-12/h4-6,10,15H,2-3,7-9H2,1H3,(H,16,17). The SMILES string of the molecule is CCCCNC(=O)CCNc1cccc(Cl)c1. The van der Waals surface area contributed by atoms with Gasteiger partial charge in [-0.3, -0.25) is 4.79 Å². The average Bonchev–Trinajstić information content (AvgIpc) is 2.29. The van der Waals surface area contributed by atoms with Crippen molar-refractivity contribution >= 4 is 23.2 Å². The minimum atomic E-state index is 0.0907. The van der Waals surface area contributed by atoms with E-state index in [2.05, 4.69) is 17.6 Å². The summed E-state index contributed by atoms with van der Waals surface area (Å²) in [5.74, 6) is 0.0907. The number of carbonyl (C=O) groups is 1. The van der Waals surface area contributed by atoms with Gasteiger partial charge in [-0.05, 0) is 24.6 Å². The first-order valence-electron chi connectivity index (χ1n) is 5.98. The summed E-state index contributed by atoms with van der Waals surface area (Å²) >= 11 is 5.85. The summed E-state index contributed by atoms with van der Waals surface area (Å²) in [6.45, 7) is 3.50. The predicted octanol–water partition coefficient (Wildman–Crippen LogP) is 3.06. The highest BCUT2D eigenvalue weighted by atomic mass is 35.5. The molecule has 4 heteroatoms. The zero-order chi connectivity index (χ0) is 12.5. The lowest BCUT2D eigenvalue weighted by Gasteiger charge is -2.07. The van der Waals surface area contributed by atoms with Crippen LogP contribution in [-0.2, 0) is 4.79 Å². The van der Waals surface area contributed by atoms with Crippen LogP contribution in [-0.4, -0.2) is 19.0 Å². The van der Waals surface area contributed by atoms with Crippen LogP contribution in [0.15, 0.2) is 24.3 Å². The molecule has 0 aliphatic carbocycles. The molecule has 0 saturated carbocycles. The molecule has 1 rings (SSSR count). The van der Waals surface area contributed by atoms with Crippen molar-refractivity contribution in [3.8, 4) is 0 Å². The van der Waals surface area contributed by atoms with E-state index in [1.165, 1.54) is 0 Å². The Bertz CT molecular complexity index is 355. The van der Waals surface area contributed by atoms with Gasteiger partial charge in [0, 0.05) is 30.2 Å². The molecule has 0 spiro atoms. The van der Waals surface area contributed by atoms with E-state index in [4.69, 9.17) is 11.6 Å². The molecular formula is C13H19ClN2O. The lowest BCUT2D eigenvalue weighted by atomic mass is 10.3. The molecule has 0 atom stereocenters. The number of rotatable bonds is 7. The molecule has 1 aromatic carbocycles. The molecule has 2 N–H and O–H groups in total. The van der Waals surface area contributed by atoms with Crippen molar-refractivity contribution in [2.24, 2.45) is 0 Å². The van der Waals surface area contributed by atoms with Gasteiger partial charge in [0.05, 0.1) is 0 Å². The second-order valence-corrected chi connectivity index (χ2v) is 4.33. The Morgan fingerprint density at radius 1 is 1.35 bits per heavy atom. The van der Waals surface area contributed by atoms with Gasteiger partial charge in [0.2, 0.25) is 5.91 Å². The van der Waals surface area contributed by atoms with Crippen molar-refractivity contribution in [3.63, 3.8) is 0 Å². The fourth-order valence-corrected chi connectivity index (χ4v) is 1.60. The number of hydrogen-bond acceptors (Lipinski definition) is 2. The quantitative estimate of drug-likeness (QED) is 0.735. The van der Waals surface area contributed by atoms with Crippen LogP contribution in [0.25, 0.3) is 0 Å². The van der Waals surface area contributed by atoms with Gasteiger partial charge >= 0.3 is 0 Å². The highest BCUT2D eigenvalue weighted by Gasteiger charge is 2.00. The van der Waals surface area contributed by atoms with Gasteiger partial charge < -0.3 is 10.6 Å². The van der Waals surface area contributed by atoms with E-state index in [-0.39, 0.29) is 5.91 Å². The number of unbranched alkanes of at least 4 members (excludes halogenated alkanes) is 1. The second-order valence-electron chi connectivity index (χ2n) is 3.89. The van der Waals surface area contributed by atoms with E-state index in [9.17, 15) is 4.79 Å². The van der Waals surface area contributed by atoms with E-state index < -0.39 is 0 Å². The fraction of sp³-hybridized carbons (Fsp3) is 0.462. The number of anilines is 1. The summed E-state index contributed by atoms with van der Waals surface area (Å²) in [7, 11) is 0. The highest BCUT2D eigenvalue weighted by molar-refractivity contribution is 6.30. The summed E-state index contributed by atoms with van der Waals surface area (Å²) in [6.07, 6.45) is 2.62. The Morgan fingerprint density at radius 3 is 2.88 bits per heavy atom. The first kappa shape index (κ1) is 13.8. The third kappa shape index (κ3) is 6.17. The predicted molar refractivity (Wildman–Crippen MR) is 72.5 cm³/mol. The van der Waals surface area contributed by atoms with Gasteiger partial charge in [0.1, 0.15) is 0 Å². The van der Waals surface area contributed by atoms with Crippen LogP contribution in [0.3, 0.4) is 0 Å². The zero-order valence-corrected chi connectivity index (χ0v) is 10.9. The van der Waals surface area contributed by atoms with Crippen molar-refractivity contribution in [2.45, 2.75) is 26.2 Å². The highest BCUT2D eigenvalue weighted by Crippen LogP contribution is 2.14. The largest absolute Gasteiger partial charge is 0.384 e. The van der Waals surface area contributed by atoms with Crippen LogP contribution < -0.4 is 10.6 Å². The smallest absolute Gasteiger partial charge is 0.221 e. The van der Waals surface area contributed by atoms with Gasteiger partial charge in [-0.15, -0.1) is 0 Å². The number of hydrogen-bond donors (Lipinski definition) is 2.